The van der Waals surface area contributed by atoms with E-state index >= 15 is 0 Å². The highest BCUT2D eigenvalue weighted by atomic mass is 19.1. The molecule has 1 atom stereocenters. The molecule has 0 saturated carbocycles. The van der Waals surface area contributed by atoms with Crippen LogP contribution in [0.25, 0.3) is 0 Å². The van der Waals surface area contributed by atoms with E-state index in [-0.39, 0.29) is 24.6 Å². The molecule has 0 saturated heterocycles. The van der Waals surface area contributed by atoms with Crippen LogP contribution in [0.2, 0.25) is 0 Å². The molecule has 2 aliphatic rings. The Labute approximate surface area is 180 Å². The Balaban J connectivity index is 1.57. The number of rotatable bonds is 6. The van der Waals surface area contributed by atoms with Crippen molar-refractivity contribution in [3.63, 3.8) is 0 Å². The van der Waals surface area contributed by atoms with Gasteiger partial charge in [-0.3, -0.25) is 4.79 Å². The third kappa shape index (κ3) is 4.38. The molecule has 0 spiro atoms. The van der Waals surface area contributed by atoms with Gasteiger partial charge in [-0.2, -0.15) is 0 Å². The van der Waals surface area contributed by atoms with E-state index in [4.69, 9.17) is 9.47 Å². The number of ketones is 1. The van der Waals surface area contributed by atoms with Gasteiger partial charge in [0, 0.05) is 29.0 Å². The Morgan fingerprint density at radius 3 is 2.58 bits per heavy atom. The minimum Gasteiger partial charge on any atom is -0.490 e. The number of dihydropyridines is 1. The van der Waals surface area contributed by atoms with E-state index in [1.165, 1.54) is 6.07 Å². The van der Waals surface area contributed by atoms with E-state index in [1.807, 2.05) is 30.3 Å². The van der Waals surface area contributed by atoms with Crippen LogP contribution in [0.15, 0.2) is 77.1 Å². The first-order valence-corrected chi connectivity index (χ1v) is 10.4. The molecule has 0 bridgehead atoms. The maximum atomic E-state index is 14.8. The lowest BCUT2D eigenvalue weighted by Crippen LogP contribution is -2.35. The lowest BCUT2D eigenvalue weighted by atomic mass is 9.75. The van der Waals surface area contributed by atoms with Gasteiger partial charge in [0.25, 0.3) is 0 Å². The molecular weight excluding hydrogens is 397 g/mol. The number of Topliss-reactive ketones (excluding diaryl/α,β-unsaturated/α-hetero) is 1. The SMILES string of the molecule is CC1=C(C(=O)OCCOc2ccccc2)[C@@H](c2ccccc2F)C2=C(CCCC2=O)N1. The molecule has 2 aromatic carbocycles. The zero-order valence-corrected chi connectivity index (χ0v) is 17.3. The Bertz CT molecular complexity index is 1060. The Kier molecular flexibility index (Phi) is 6.16. The maximum Gasteiger partial charge on any atom is 0.336 e. The highest BCUT2D eigenvalue weighted by molar-refractivity contribution is 6.03. The van der Waals surface area contributed by atoms with Gasteiger partial charge in [0.15, 0.2) is 5.78 Å². The second-order valence-corrected chi connectivity index (χ2v) is 7.58. The summed E-state index contributed by atoms with van der Waals surface area (Å²) in [6.07, 6.45) is 1.81. The molecular formula is C25H24FNO4. The van der Waals surface area contributed by atoms with Crippen molar-refractivity contribution in [3.8, 4) is 5.75 Å². The largest absolute Gasteiger partial charge is 0.490 e. The molecule has 4 rings (SSSR count). The average molecular weight is 421 g/mol. The number of para-hydroxylation sites is 1. The van der Waals surface area contributed by atoms with Crippen LogP contribution >= 0.6 is 0 Å². The lowest BCUT2D eigenvalue weighted by Gasteiger charge is -2.34. The normalized spacial score (nSPS) is 18.4. The number of nitrogens with one attached hydrogen (secondary N) is 1. The van der Waals surface area contributed by atoms with Crippen LogP contribution < -0.4 is 10.1 Å². The summed E-state index contributed by atoms with van der Waals surface area (Å²) in [5.41, 5.74) is 2.38. The van der Waals surface area contributed by atoms with Gasteiger partial charge in [-0.05, 0) is 38.0 Å². The van der Waals surface area contributed by atoms with Crippen LogP contribution in [0.4, 0.5) is 4.39 Å². The summed E-state index contributed by atoms with van der Waals surface area (Å²) in [5.74, 6) is -1.20. The van der Waals surface area contributed by atoms with Crippen LogP contribution in [0.5, 0.6) is 5.75 Å². The van der Waals surface area contributed by atoms with Crippen molar-refractivity contribution in [2.24, 2.45) is 0 Å². The Morgan fingerprint density at radius 1 is 1.06 bits per heavy atom. The lowest BCUT2D eigenvalue weighted by molar-refractivity contribution is -0.140. The molecule has 1 aliphatic heterocycles. The highest BCUT2D eigenvalue weighted by Crippen LogP contribution is 2.43. The average Bonchev–Trinajstić information content (AvgIpc) is 2.77. The van der Waals surface area contributed by atoms with Crippen molar-refractivity contribution >= 4 is 11.8 Å². The summed E-state index contributed by atoms with van der Waals surface area (Å²) in [4.78, 5) is 25.9. The number of carbonyl (C=O) groups is 2. The molecule has 0 amide bonds. The molecule has 0 fully saturated rings. The maximum absolute atomic E-state index is 14.8. The van der Waals surface area contributed by atoms with Gasteiger partial charge in [-0.15, -0.1) is 0 Å². The molecule has 1 aliphatic carbocycles. The topological polar surface area (TPSA) is 64.6 Å². The smallest absolute Gasteiger partial charge is 0.336 e. The molecule has 6 heteroatoms. The van der Waals surface area contributed by atoms with Crippen molar-refractivity contribution in [2.45, 2.75) is 32.1 Å². The third-order valence-corrected chi connectivity index (χ3v) is 5.54. The monoisotopic (exact) mass is 421 g/mol. The molecule has 160 valence electrons. The summed E-state index contributed by atoms with van der Waals surface area (Å²) in [6.45, 7) is 1.98. The van der Waals surface area contributed by atoms with Crippen molar-refractivity contribution in [3.05, 3.63) is 88.5 Å². The Hall–Kier alpha value is -3.41. The molecule has 0 radical (unpaired) electrons. The fraction of sp³-hybridized carbons (Fsp3) is 0.280. The van der Waals surface area contributed by atoms with Crippen LogP contribution in [-0.4, -0.2) is 25.0 Å². The molecule has 0 unspecified atom stereocenters. The van der Waals surface area contributed by atoms with Crippen LogP contribution in [0, 0.1) is 5.82 Å². The van der Waals surface area contributed by atoms with Gasteiger partial charge in [-0.1, -0.05) is 36.4 Å². The van der Waals surface area contributed by atoms with Crippen molar-refractivity contribution < 1.29 is 23.5 Å². The molecule has 1 heterocycles. The van der Waals surface area contributed by atoms with Crippen molar-refractivity contribution in [2.75, 3.05) is 13.2 Å². The number of ether oxygens (including phenoxy) is 2. The van der Waals surface area contributed by atoms with Gasteiger partial charge in [-0.25, -0.2) is 9.18 Å². The fourth-order valence-corrected chi connectivity index (χ4v) is 4.16. The summed E-state index contributed by atoms with van der Waals surface area (Å²) < 4.78 is 25.8. The minimum atomic E-state index is -0.784. The number of allylic oxidation sites excluding steroid dienone is 3. The number of carbonyl (C=O) groups excluding carboxylic acids is 2. The van der Waals surface area contributed by atoms with Gasteiger partial charge in [0.1, 0.15) is 24.8 Å². The number of benzene rings is 2. The number of hydrogen-bond donors (Lipinski definition) is 1. The van der Waals surface area contributed by atoms with Crippen LogP contribution in [-0.2, 0) is 14.3 Å². The quantitative estimate of drug-likeness (QED) is 0.553. The molecule has 5 nitrogen and oxygen atoms in total. The van der Waals surface area contributed by atoms with E-state index in [2.05, 4.69) is 5.32 Å². The molecule has 0 aromatic heterocycles. The minimum absolute atomic E-state index is 0.0361. The Morgan fingerprint density at radius 2 is 1.81 bits per heavy atom. The second-order valence-electron chi connectivity index (χ2n) is 7.58. The number of hydrogen-bond acceptors (Lipinski definition) is 5. The van der Waals surface area contributed by atoms with Crippen LogP contribution in [0.3, 0.4) is 0 Å². The molecule has 2 aromatic rings. The summed E-state index contributed by atoms with van der Waals surface area (Å²) >= 11 is 0. The van der Waals surface area contributed by atoms with E-state index < -0.39 is 17.7 Å². The van der Waals surface area contributed by atoms with Gasteiger partial charge >= 0.3 is 5.97 Å². The standard InChI is InChI=1S/C25H24FNO4/c1-16-22(25(29)31-15-14-30-17-8-3-2-4-9-17)23(18-10-5-6-11-19(18)26)24-20(27-16)12-7-13-21(24)28/h2-6,8-11,23,27H,7,12-15H2,1H3/t23-/m1/s1. The zero-order valence-electron chi connectivity index (χ0n) is 17.3. The van der Waals surface area contributed by atoms with Gasteiger partial charge < -0.3 is 14.8 Å². The predicted molar refractivity (Wildman–Crippen MR) is 114 cm³/mol. The van der Waals surface area contributed by atoms with E-state index in [0.717, 1.165) is 12.1 Å². The van der Waals surface area contributed by atoms with E-state index in [9.17, 15) is 14.0 Å². The zero-order chi connectivity index (χ0) is 21.8. The number of halogens is 1. The number of esters is 1. The summed E-state index contributed by atoms with van der Waals surface area (Å²) in [6, 6.07) is 15.5. The first-order chi connectivity index (χ1) is 15.1. The first-order valence-electron chi connectivity index (χ1n) is 10.4. The summed E-state index contributed by atoms with van der Waals surface area (Å²) in [5, 5.41) is 3.20. The fourth-order valence-electron chi connectivity index (χ4n) is 4.16. The van der Waals surface area contributed by atoms with E-state index in [0.29, 0.717) is 35.4 Å². The highest BCUT2D eigenvalue weighted by Gasteiger charge is 2.40. The van der Waals surface area contributed by atoms with Crippen molar-refractivity contribution in [1.29, 1.82) is 0 Å². The van der Waals surface area contributed by atoms with Gasteiger partial charge in [0.05, 0.1) is 11.5 Å². The van der Waals surface area contributed by atoms with Crippen LogP contribution in [0.1, 0.15) is 37.7 Å². The second kappa shape index (κ2) is 9.16. The van der Waals surface area contributed by atoms with Crippen molar-refractivity contribution in [1.82, 2.24) is 5.32 Å². The molecule has 31 heavy (non-hydrogen) atoms. The predicted octanol–water partition coefficient (Wildman–Crippen LogP) is 4.42. The van der Waals surface area contributed by atoms with E-state index in [1.54, 1.807) is 25.1 Å². The van der Waals surface area contributed by atoms with Gasteiger partial charge in [0.2, 0.25) is 0 Å². The first kappa shape index (κ1) is 20.8. The third-order valence-electron chi connectivity index (χ3n) is 5.54. The summed E-state index contributed by atoms with van der Waals surface area (Å²) in [7, 11) is 0. The molecule has 1 N–H and O–H groups in total.